The predicted octanol–water partition coefficient (Wildman–Crippen LogP) is 2.54. The Kier molecular flexibility index (Phi) is 2.63. The van der Waals surface area contributed by atoms with Crippen molar-refractivity contribution in [2.24, 2.45) is 7.05 Å². The molecule has 0 fully saturated rings. The molecule has 0 aliphatic carbocycles. The Morgan fingerprint density at radius 3 is 2.94 bits per heavy atom. The minimum Gasteiger partial charge on any atom is -0.492 e. The van der Waals surface area contributed by atoms with Crippen molar-refractivity contribution in [2.75, 3.05) is 13.4 Å². The first-order chi connectivity index (χ1) is 8.74. The summed E-state index contributed by atoms with van der Waals surface area (Å²) in [5.41, 5.74) is 2.65. The lowest BCUT2D eigenvalue weighted by Gasteiger charge is -2.04. The summed E-state index contributed by atoms with van der Waals surface area (Å²) in [6.07, 6.45) is 1.95. The zero-order valence-corrected chi connectivity index (χ0v) is 11.2. The van der Waals surface area contributed by atoms with E-state index < -0.39 is 0 Å². The third-order valence-electron chi connectivity index (χ3n) is 2.98. The molecule has 2 heterocycles. The van der Waals surface area contributed by atoms with Gasteiger partial charge in [-0.1, -0.05) is 12.1 Å². The Morgan fingerprint density at radius 2 is 2.22 bits per heavy atom. The molecule has 18 heavy (non-hydrogen) atoms. The largest absolute Gasteiger partial charge is 0.492 e. The highest BCUT2D eigenvalue weighted by atomic mass is 32.2. The van der Waals surface area contributed by atoms with E-state index in [1.807, 2.05) is 42.1 Å². The molecule has 0 aliphatic rings. The van der Waals surface area contributed by atoms with Crippen LogP contribution in [0.25, 0.3) is 22.1 Å². The van der Waals surface area contributed by atoms with E-state index in [0.717, 1.165) is 27.9 Å². The van der Waals surface area contributed by atoms with Gasteiger partial charge in [0.05, 0.1) is 14.2 Å². The molecule has 0 aliphatic heterocycles. The minimum atomic E-state index is 0.676. The van der Waals surface area contributed by atoms with Crippen molar-refractivity contribution >= 4 is 33.9 Å². The highest BCUT2D eigenvalue weighted by Crippen LogP contribution is 2.27. The maximum Gasteiger partial charge on any atom is 0.371 e. The highest BCUT2D eigenvalue weighted by Gasteiger charge is 2.21. The number of thioether (sulfide) groups is 1. The zero-order valence-electron chi connectivity index (χ0n) is 10.4. The van der Waals surface area contributed by atoms with Gasteiger partial charge in [-0.15, -0.1) is 0 Å². The molecule has 5 heteroatoms. The Hall–Kier alpha value is -1.75. The quantitative estimate of drug-likeness (QED) is 0.525. The first-order valence-corrected chi connectivity index (χ1v) is 6.77. The number of pyridine rings is 1. The van der Waals surface area contributed by atoms with E-state index in [1.165, 1.54) is 11.8 Å². The number of aromatic nitrogens is 2. The summed E-state index contributed by atoms with van der Waals surface area (Å²) in [6.45, 7) is 0. The number of fused-ring (bicyclic) bond motifs is 2. The van der Waals surface area contributed by atoms with Crippen molar-refractivity contribution in [1.29, 1.82) is 0 Å². The summed E-state index contributed by atoms with van der Waals surface area (Å²) >= 11 is 1.50. The van der Waals surface area contributed by atoms with Crippen LogP contribution in [0.2, 0.25) is 0 Å². The second-order valence-electron chi connectivity index (χ2n) is 3.97. The first kappa shape index (κ1) is 11.3. The van der Waals surface area contributed by atoms with Gasteiger partial charge >= 0.3 is 10.9 Å². The topological polar surface area (TPSA) is 39.1 Å². The lowest BCUT2D eigenvalue weighted by atomic mass is 10.2. The van der Waals surface area contributed by atoms with Crippen molar-refractivity contribution in [2.45, 2.75) is 5.22 Å². The normalized spacial score (nSPS) is 11.3. The van der Waals surface area contributed by atoms with Crippen LogP contribution in [0.5, 0.6) is 5.75 Å². The average molecular weight is 261 g/mol. The van der Waals surface area contributed by atoms with E-state index in [4.69, 9.17) is 9.15 Å². The molecule has 0 amide bonds. The van der Waals surface area contributed by atoms with Crippen LogP contribution >= 0.6 is 11.8 Å². The summed E-state index contributed by atoms with van der Waals surface area (Å²) in [5.74, 6) is 0.839. The molecule has 0 saturated carbocycles. The van der Waals surface area contributed by atoms with E-state index in [-0.39, 0.29) is 0 Å². The molecule has 0 unspecified atom stereocenters. The monoisotopic (exact) mass is 261 g/mol. The van der Waals surface area contributed by atoms with Gasteiger partial charge in [0.15, 0.2) is 11.3 Å². The van der Waals surface area contributed by atoms with Crippen LogP contribution < -0.4 is 9.30 Å². The molecule has 3 aromatic rings. The fourth-order valence-corrected chi connectivity index (χ4v) is 2.50. The molecule has 1 aromatic carbocycles. The van der Waals surface area contributed by atoms with Crippen molar-refractivity contribution in [1.82, 2.24) is 4.98 Å². The maximum absolute atomic E-state index is 5.67. The lowest BCUT2D eigenvalue weighted by Crippen LogP contribution is -2.30. The van der Waals surface area contributed by atoms with Crippen molar-refractivity contribution in [3.05, 3.63) is 24.3 Å². The lowest BCUT2D eigenvalue weighted by molar-refractivity contribution is -0.620. The summed E-state index contributed by atoms with van der Waals surface area (Å²) in [5, 5.41) is 1.75. The van der Waals surface area contributed by atoms with Gasteiger partial charge < -0.3 is 9.15 Å². The number of hydrogen-bond acceptors (Lipinski definition) is 4. The van der Waals surface area contributed by atoms with Gasteiger partial charge in [-0.3, -0.25) is 0 Å². The number of benzene rings is 1. The van der Waals surface area contributed by atoms with Gasteiger partial charge in [-0.2, -0.15) is 0 Å². The molecule has 0 N–H and O–H groups in total. The molecule has 0 radical (unpaired) electrons. The van der Waals surface area contributed by atoms with E-state index >= 15 is 0 Å². The number of methoxy groups -OCH3 is 1. The fraction of sp³-hybridized carbons (Fsp3) is 0.231. The van der Waals surface area contributed by atoms with Crippen LogP contribution in [-0.4, -0.2) is 18.3 Å². The minimum absolute atomic E-state index is 0.676. The smallest absolute Gasteiger partial charge is 0.371 e. The Bertz CT molecular complexity index is 737. The number of aryl methyl sites for hydroxylation is 1. The fourth-order valence-electron chi connectivity index (χ4n) is 2.15. The second kappa shape index (κ2) is 4.17. The summed E-state index contributed by atoms with van der Waals surface area (Å²) in [4.78, 5) is 4.46. The van der Waals surface area contributed by atoms with E-state index in [9.17, 15) is 0 Å². The molecule has 92 valence electrons. The number of oxazole rings is 1. The van der Waals surface area contributed by atoms with Crippen LogP contribution in [0.15, 0.2) is 33.9 Å². The van der Waals surface area contributed by atoms with Crippen LogP contribution in [0.4, 0.5) is 0 Å². The summed E-state index contributed by atoms with van der Waals surface area (Å²) in [7, 11) is 3.65. The summed E-state index contributed by atoms with van der Waals surface area (Å²) < 4.78 is 13.1. The zero-order chi connectivity index (χ0) is 12.7. The number of ether oxygens (including phenoxy) is 1. The van der Waals surface area contributed by atoms with Gasteiger partial charge in [0.1, 0.15) is 0 Å². The first-order valence-electron chi connectivity index (χ1n) is 5.55. The molecule has 4 nitrogen and oxygen atoms in total. The van der Waals surface area contributed by atoms with Gasteiger partial charge in [0.2, 0.25) is 5.58 Å². The second-order valence-corrected chi connectivity index (χ2v) is 4.73. The highest BCUT2D eigenvalue weighted by molar-refractivity contribution is 7.98. The van der Waals surface area contributed by atoms with Crippen LogP contribution in [-0.2, 0) is 7.05 Å². The average Bonchev–Trinajstić information content (AvgIpc) is 2.81. The predicted molar refractivity (Wildman–Crippen MR) is 71.0 cm³/mol. The SMILES string of the molecule is COc1cccc2cc3oc(SC)nc3[n+](C)c12. The number of rotatable bonds is 2. The van der Waals surface area contributed by atoms with Crippen LogP contribution in [0, 0.1) is 0 Å². The van der Waals surface area contributed by atoms with Gasteiger partial charge in [-0.05, 0) is 24.1 Å². The van der Waals surface area contributed by atoms with Crippen molar-refractivity contribution < 1.29 is 13.7 Å². The van der Waals surface area contributed by atoms with Gasteiger partial charge in [-0.25, -0.2) is 4.57 Å². The Morgan fingerprint density at radius 1 is 1.39 bits per heavy atom. The third kappa shape index (κ3) is 1.54. The van der Waals surface area contributed by atoms with Crippen molar-refractivity contribution in [3.63, 3.8) is 0 Å². The molecule has 0 atom stereocenters. The van der Waals surface area contributed by atoms with E-state index in [1.54, 1.807) is 7.11 Å². The standard InChI is InChI=1S/C13H13N2O2S/c1-15-11-8(5-4-6-9(11)16-2)7-10-12(15)14-13(17-10)18-3/h4-7H,1-3H3/q+1. The van der Waals surface area contributed by atoms with Crippen molar-refractivity contribution in [3.8, 4) is 5.75 Å². The molecular weight excluding hydrogens is 248 g/mol. The molecular formula is C13H13N2O2S+. The molecule has 2 aromatic heterocycles. The number of nitrogens with zero attached hydrogens (tertiary/aromatic N) is 2. The Labute approximate surface area is 109 Å². The van der Waals surface area contributed by atoms with Crippen LogP contribution in [0.1, 0.15) is 0 Å². The van der Waals surface area contributed by atoms with Crippen LogP contribution in [0.3, 0.4) is 0 Å². The molecule has 3 rings (SSSR count). The van der Waals surface area contributed by atoms with Gasteiger partial charge in [0.25, 0.3) is 0 Å². The summed E-state index contributed by atoms with van der Waals surface area (Å²) in [6, 6.07) is 7.96. The molecule has 0 bridgehead atoms. The van der Waals surface area contributed by atoms with E-state index in [0.29, 0.717) is 5.22 Å². The third-order valence-corrected chi connectivity index (χ3v) is 3.50. The molecule has 0 spiro atoms. The maximum atomic E-state index is 5.67. The number of hydrogen-bond donors (Lipinski definition) is 0. The van der Waals surface area contributed by atoms with Gasteiger partial charge in [0, 0.05) is 16.4 Å². The Balaban J connectivity index is 2.46. The molecule has 0 saturated heterocycles. The number of para-hydroxylation sites is 1. The van der Waals surface area contributed by atoms with E-state index in [2.05, 4.69) is 4.98 Å².